The van der Waals surface area contributed by atoms with Crippen molar-refractivity contribution in [2.24, 2.45) is 0 Å². The van der Waals surface area contributed by atoms with Crippen LogP contribution in [0.3, 0.4) is 0 Å². The average Bonchev–Trinajstić information content (AvgIpc) is 2.94. The number of aromatic hydroxyl groups is 1. The van der Waals surface area contributed by atoms with Crippen LogP contribution in [0.4, 0.5) is 4.39 Å². The van der Waals surface area contributed by atoms with Gasteiger partial charge in [0.2, 0.25) is 0 Å². The monoisotopic (exact) mass is 285 g/mol. The molecule has 3 rings (SSSR count). The fourth-order valence-corrected chi connectivity index (χ4v) is 2.29. The molecule has 21 heavy (non-hydrogen) atoms. The van der Waals surface area contributed by atoms with Crippen molar-refractivity contribution in [3.63, 3.8) is 0 Å². The first kappa shape index (κ1) is 13.6. The van der Waals surface area contributed by atoms with Crippen LogP contribution in [0.2, 0.25) is 0 Å². The zero-order chi connectivity index (χ0) is 14.7. The Morgan fingerprint density at radius 1 is 1.19 bits per heavy atom. The zero-order valence-corrected chi connectivity index (χ0v) is 11.4. The first-order valence-electron chi connectivity index (χ1n) is 6.82. The van der Waals surface area contributed by atoms with E-state index in [2.05, 4.69) is 27.6 Å². The third kappa shape index (κ3) is 3.20. The Hall–Kier alpha value is -2.40. The number of halogens is 1. The second-order valence-electron chi connectivity index (χ2n) is 4.99. The number of hydrogen-bond donors (Lipinski definition) is 3. The highest BCUT2D eigenvalue weighted by Gasteiger charge is 2.03. The Labute approximate surface area is 121 Å². The van der Waals surface area contributed by atoms with Gasteiger partial charge in [-0.15, -0.1) is 0 Å². The van der Waals surface area contributed by atoms with E-state index in [1.165, 1.54) is 23.8 Å². The quantitative estimate of drug-likeness (QED) is 0.632. The Kier molecular flexibility index (Phi) is 3.83. The summed E-state index contributed by atoms with van der Waals surface area (Å²) >= 11 is 0. The van der Waals surface area contributed by atoms with E-state index in [0.717, 1.165) is 23.9 Å². The average molecular weight is 285 g/mol. The first-order chi connectivity index (χ1) is 10.2. The summed E-state index contributed by atoms with van der Waals surface area (Å²) in [7, 11) is 0. The summed E-state index contributed by atoms with van der Waals surface area (Å²) in [6.45, 7) is 1.19. The SMILES string of the molecule is Oc1ccc(F)cc1CNCCc1ccc2cn[nH]c2c1. The number of fused-ring (bicyclic) bond motifs is 1. The van der Waals surface area contributed by atoms with Gasteiger partial charge in [-0.05, 0) is 42.8 Å². The molecule has 3 N–H and O–H groups in total. The van der Waals surface area contributed by atoms with E-state index < -0.39 is 0 Å². The molecule has 5 heteroatoms. The molecule has 0 amide bonds. The van der Waals surface area contributed by atoms with Crippen LogP contribution < -0.4 is 5.32 Å². The van der Waals surface area contributed by atoms with Crippen molar-refractivity contribution in [3.8, 4) is 5.75 Å². The van der Waals surface area contributed by atoms with E-state index in [1.54, 1.807) is 6.20 Å². The fourth-order valence-electron chi connectivity index (χ4n) is 2.29. The zero-order valence-electron chi connectivity index (χ0n) is 11.4. The van der Waals surface area contributed by atoms with E-state index in [0.29, 0.717) is 12.1 Å². The van der Waals surface area contributed by atoms with Crippen molar-refractivity contribution in [2.45, 2.75) is 13.0 Å². The predicted octanol–water partition coefficient (Wildman–Crippen LogP) is 2.74. The number of benzene rings is 2. The van der Waals surface area contributed by atoms with Crippen molar-refractivity contribution >= 4 is 10.9 Å². The maximum absolute atomic E-state index is 13.1. The van der Waals surface area contributed by atoms with Crippen LogP contribution in [-0.4, -0.2) is 21.8 Å². The number of rotatable bonds is 5. The Morgan fingerprint density at radius 2 is 2.10 bits per heavy atom. The van der Waals surface area contributed by atoms with Gasteiger partial charge >= 0.3 is 0 Å². The van der Waals surface area contributed by atoms with Gasteiger partial charge in [-0.1, -0.05) is 12.1 Å². The maximum atomic E-state index is 13.1. The molecule has 0 fully saturated rings. The molecule has 0 bridgehead atoms. The van der Waals surface area contributed by atoms with Crippen molar-refractivity contribution in [1.29, 1.82) is 0 Å². The summed E-state index contributed by atoms with van der Waals surface area (Å²) in [6.07, 6.45) is 2.65. The Morgan fingerprint density at radius 3 is 3.00 bits per heavy atom. The summed E-state index contributed by atoms with van der Waals surface area (Å²) in [5, 5.41) is 20.9. The molecule has 0 saturated carbocycles. The third-order valence-corrected chi connectivity index (χ3v) is 3.45. The molecule has 2 aromatic carbocycles. The van der Waals surface area contributed by atoms with Crippen molar-refractivity contribution < 1.29 is 9.50 Å². The molecule has 108 valence electrons. The third-order valence-electron chi connectivity index (χ3n) is 3.45. The normalized spacial score (nSPS) is 11.1. The van der Waals surface area contributed by atoms with Crippen molar-refractivity contribution in [3.05, 3.63) is 59.5 Å². The smallest absolute Gasteiger partial charge is 0.123 e. The molecular weight excluding hydrogens is 269 g/mol. The van der Waals surface area contributed by atoms with Gasteiger partial charge in [0.05, 0.1) is 11.7 Å². The Balaban J connectivity index is 1.55. The van der Waals surface area contributed by atoms with Crippen LogP contribution in [0.25, 0.3) is 10.9 Å². The van der Waals surface area contributed by atoms with Crippen LogP contribution in [0.5, 0.6) is 5.75 Å². The summed E-state index contributed by atoms with van der Waals surface area (Å²) in [5.41, 5.74) is 2.79. The molecule has 3 aromatic rings. The van der Waals surface area contributed by atoms with Gasteiger partial charge in [0, 0.05) is 17.5 Å². The molecule has 0 unspecified atom stereocenters. The number of phenolic OH excluding ortho intramolecular Hbond substituents is 1. The minimum absolute atomic E-state index is 0.114. The van der Waals surface area contributed by atoms with Crippen molar-refractivity contribution in [1.82, 2.24) is 15.5 Å². The Bertz CT molecular complexity index is 754. The van der Waals surface area contributed by atoms with Gasteiger partial charge in [-0.3, -0.25) is 5.10 Å². The minimum Gasteiger partial charge on any atom is -0.508 e. The van der Waals surface area contributed by atoms with Crippen LogP contribution >= 0.6 is 0 Å². The first-order valence-corrected chi connectivity index (χ1v) is 6.82. The topological polar surface area (TPSA) is 60.9 Å². The molecule has 1 heterocycles. The predicted molar refractivity (Wildman–Crippen MR) is 79.6 cm³/mol. The molecular formula is C16H16FN3O. The number of H-pyrrole nitrogens is 1. The number of aromatic amines is 1. The summed E-state index contributed by atoms with van der Waals surface area (Å²) in [5.74, 6) is -0.225. The number of nitrogens with one attached hydrogen (secondary N) is 2. The van der Waals surface area contributed by atoms with Crippen LogP contribution in [0.1, 0.15) is 11.1 Å². The van der Waals surface area contributed by atoms with Crippen LogP contribution in [0.15, 0.2) is 42.6 Å². The highest BCUT2D eigenvalue weighted by atomic mass is 19.1. The molecule has 0 spiro atoms. The van der Waals surface area contributed by atoms with E-state index in [1.807, 2.05) is 6.07 Å². The molecule has 0 aliphatic rings. The van der Waals surface area contributed by atoms with Crippen LogP contribution in [-0.2, 0) is 13.0 Å². The van der Waals surface area contributed by atoms with Gasteiger partial charge in [0.25, 0.3) is 0 Å². The second-order valence-corrected chi connectivity index (χ2v) is 4.99. The molecule has 0 aliphatic heterocycles. The molecule has 0 saturated heterocycles. The lowest BCUT2D eigenvalue weighted by molar-refractivity contribution is 0.461. The maximum Gasteiger partial charge on any atom is 0.123 e. The lowest BCUT2D eigenvalue weighted by Crippen LogP contribution is -2.16. The fraction of sp³-hybridized carbons (Fsp3) is 0.188. The molecule has 0 aliphatic carbocycles. The van der Waals surface area contributed by atoms with Crippen molar-refractivity contribution in [2.75, 3.05) is 6.54 Å². The van der Waals surface area contributed by atoms with Gasteiger partial charge < -0.3 is 10.4 Å². The van der Waals surface area contributed by atoms with E-state index in [4.69, 9.17) is 0 Å². The summed E-state index contributed by atoms with van der Waals surface area (Å²) in [6, 6.07) is 10.1. The molecule has 4 nitrogen and oxygen atoms in total. The largest absolute Gasteiger partial charge is 0.508 e. The lowest BCUT2D eigenvalue weighted by Gasteiger charge is -2.07. The number of aromatic nitrogens is 2. The number of nitrogens with zero attached hydrogens (tertiary/aromatic N) is 1. The minimum atomic E-state index is -0.339. The molecule has 0 radical (unpaired) electrons. The molecule has 0 atom stereocenters. The van der Waals surface area contributed by atoms with Gasteiger partial charge in [-0.2, -0.15) is 5.10 Å². The lowest BCUT2D eigenvalue weighted by atomic mass is 10.1. The second kappa shape index (κ2) is 5.93. The number of phenols is 1. The van der Waals surface area contributed by atoms with Gasteiger partial charge in [0.15, 0.2) is 0 Å². The highest BCUT2D eigenvalue weighted by molar-refractivity contribution is 5.78. The van der Waals surface area contributed by atoms with Gasteiger partial charge in [0.1, 0.15) is 11.6 Å². The van der Waals surface area contributed by atoms with E-state index in [9.17, 15) is 9.50 Å². The van der Waals surface area contributed by atoms with Gasteiger partial charge in [-0.25, -0.2) is 4.39 Å². The van der Waals surface area contributed by atoms with Crippen LogP contribution in [0, 0.1) is 5.82 Å². The molecule has 1 aromatic heterocycles. The highest BCUT2D eigenvalue weighted by Crippen LogP contribution is 2.17. The summed E-state index contributed by atoms with van der Waals surface area (Å²) < 4.78 is 13.1. The standard InChI is InChI=1S/C16H16FN3O/c17-14-3-4-16(21)13(8-14)9-18-6-5-11-1-2-12-10-19-20-15(12)7-11/h1-4,7-8,10,18,21H,5-6,9H2,(H,19,20). The van der Waals surface area contributed by atoms with E-state index in [-0.39, 0.29) is 11.6 Å². The number of hydrogen-bond acceptors (Lipinski definition) is 3. The van der Waals surface area contributed by atoms with E-state index >= 15 is 0 Å². The summed E-state index contributed by atoms with van der Waals surface area (Å²) in [4.78, 5) is 0.